The third-order valence-electron chi connectivity index (χ3n) is 5.63. The third kappa shape index (κ3) is 9.62. The molecule has 3 rings (SSSR count). The van der Waals surface area contributed by atoms with Crippen molar-refractivity contribution < 1.29 is 23.5 Å². The molecule has 1 aliphatic heterocycles. The van der Waals surface area contributed by atoms with Crippen LogP contribution in [0.1, 0.15) is 81.9 Å². The number of anilines is 1. The molecule has 11 heteroatoms. The van der Waals surface area contributed by atoms with E-state index < -0.39 is 17.9 Å². The molecule has 2 aromatic rings. The Kier molecular flexibility index (Phi) is 10.5. The molecule has 3 heterocycles. The van der Waals surface area contributed by atoms with E-state index in [1.165, 1.54) is 25.1 Å². The lowest BCUT2D eigenvalue weighted by Gasteiger charge is -2.19. The molecule has 0 aromatic carbocycles. The Labute approximate surface area is 221 Å². The van der Waals surface area contributed by atoms with Gasteiger partial charge >= 0.3 is 0 Å². The van der Waals surface area contributed by atoms with E-state index in [9.17, 15) is 23.5 Å². The number of hydrogen-bond donors (Lipinski definition) is 3. The summed E-state index contributed by atoms with van der Waals surface area (Å²) < 4.78 is 27.5. The fraction of sp³-hybridized carbons (Fsp3) is 0.615. The molecule has 8 nitrogen and oxygen atoms in total. The number of nitrogens with zero attached hydrogens (tertiary/aromatic N) is 3. The van der Waals surface area contributed by atoms with Crippen LogP contribution >= 0.6 is 11.3 Å². The highest BCUT2D eigenvalue weighted by Crippen LogP contribution is 2.37. The lowest BCUT2D eigenvalue weighted by molar-refractivity contribution is -0.118. The predicted molar refractivity (Wildman–Crippen MR) is 143 cm³/mol. The maximum Gasteiger partial charge on any atom is 0.280 e. The first-order chi connectivity index (χ1) is 17.1. The normalized spacial score (nSPS) is 15.9. The smallest absolute Gasteiger partial charge is 0.280 e. The second-order valence-electron chi connectivity index (χ2n) is 11.1. The van der Waals surface area contributed by atoms with Crippen LogP contribution < -0.4 is 10.6 Å². The van der Waals surface area contributed by atoms with E-state index in [1.807, 2.05) is 25.7 Å². The summed E-state index contributed by atoms with van der Waals surface area (Å²) >= 11 is 1.03. The van der Waals surface area contributed by atoms with Crippen molar-refractivity contribution in [2.45, 2.75) is 79.4 Å². The lowest BCUT2D eigenvalue weighted by atomic mass is 9.97. The molecule has 2 aromatic heterocycles. The van der Waals surface area contributed by atoms with Gasteiger partial charge < -0.3 is 20.6 Å². The van der Waals surface area contributed by atoms with E-state index in [0.29, 0.717) is 29.0 Å². The number of pyridine rings is 1. The van der Waals surface area contributed by atoms with Gasteiger partial charge in [-0.1, -0.05) is 20.8 Å². The number of likely N-dealkylation sites (tertiary alicyclic amines) is 1. The number of thiazole rings is 1. The first-order valence-corrected chi connectivity index (χ1v) is 13.1. The van der Waals surface area contributed by atoms with Crippen LogP contribution in [0.5, 0.6) is 0 Å². The van der Waals surface area contributed by atoms with E-state index in [2.05, 4.69) is 27.5 Å². The van der Waals surface area contributed by atoms with Crippen LogP contribution in [0.3, 0.4) is 0 Å². The number of aromatic nitrogens is 2. The molecule has 0 aliphatic carbocycles. The van der Waals surface area contributed by atoms with Crippen LogP contribution in [0.25, 0.3) is 10.4 Å². The second kappa shape index (κ2) is 12.7. The first kappa shape index (κ1) is 30.6. The van der Waals surface area contributed by atoms with Gasteiger partial charge in [0.2, 0.25) is 6.41 Å². The molecule has 37 heavy (non-hydrogen) atoms. The molecule has 1 unspecified atom stereocenters. The van der Waals surface area contributed by atoms with Crippen molar-refractivity contribution in [2.24, 2.45) is 5.41 Å². The molecule has 0 saturated carbocycles. The Hall–Kier alpha value is -2.66. The number of aliphatic hydroxyl groups is 1. The minimum Gasteiger partial charge on any atom is -0.389 e. The molecule has 1 saturated heterocycles. The Balaban J connectivity index is 0.000000510. The van der Waals surface area contributed by atoms with Gasteiger partial charge in [0.25, 0.3) is 12.3 Å². The molecule has 1 aliphatic rings. The minimum atomic E-state index is -2.70. The van der Waals surface area contributed by atoms with E-state index >= 15 is 0 Å². The lowest BCUT2D eigenvalue weighted by Crippen LogP contribution is -2.38. The van der Waals surface area contributed by atoms with Crippen molar-refractivity contribution in [3.63, 3.8) is 0 Å². The quantitative estimate of drug-likeness (QED) is 0.406. The zero-order valence-corrected chi connectivity index (χ0v) is 23.5. The predicted octanol–water partition coefficient (Wildman–Crippen LogP) is 5.04. The average Bonchev–Trinajstić information content (AvgIpc) is 3.40. The Morgan fingerprint density at radius 1 is 1.30 bits per heavy atom. The van der Waals surface area contributed by atoms with Crippen LogP contribution in [0.15, 0.2) is 12.3 Å². The van der Waals surface area contributed by atoms with Crippen LogP contribution in [0.2, 0.25) is 0 Å². The molecule has 1 fully saturated rings. The van der Waals surface area contributed by atoms with Crippen molar-refractivity contribution >= 4 is 29.5 Å². The fourth-order valence-electron chi connectivity index (χ4n) is 3.52. The van der Waals surface area contributed by atoms with Crippen LogP contribution in [-0.4, -0.2) is 63.6 Å². The summed E-state index contributed by atoms with van der Waals surface area (Å²) in [5.74, 6) is -0.0780. The first-order valence-electron chi connectivity index (χ1n) is 12.3. The molecular formula is C26H39F2N5O3S. The number of rotatable bonds is 8. The Morgan fingerprint density at radius 2 is 1.97 bits per heavy atom. The highest BCUT2D eigenvalue weighted by Gasteiger charge is 2.23. The van der Waals surface area contributed by atoms with Crippen LogP contribution in [0.4, 0.5) is 14.6 Å². The molecule has 0 bridgehead atoms. The number of carbonyl (C=O) groups excluding carboxylic acids is 2. The molecular weight excluding hydrogens is 500 g/mol. The molecule has 206 valence electrons. The zero-order valence-electron chi connectivity index (χ0n) is 22.7. The maximum atomic E-state index is 13.7. The van der Waals surface area contributed by atoms with Gasteiger partial charge in [0.05, 0.1) is 16.2 Å². The Morgan fingerprint density at radius 3 is 2.46 bits per heavy atom. The van der Waals surface area contributed by atoms with Gasteiger partial charge in [-0.25, -0.2) is 18.7 Å². The van der Waals surface area contributed by atoms with E-state index in [4.69, 9.17) is 0 Å². The van der Waals surface area contributed by atoms with Gasteiger partial charge in [0.15, 0.2) is 5.01 Å². The number of hydrogen-bond acceptors (Lipinski definition) is 7. The number of alkyl halides is 2. The minimum absolute atomic E-state index is 0.0228. The Bertz CT molecular complexity index is 1060. The van der Waals surface area contributed by atoms with Crippen molar-refractivity contribution in [1.82, 2.24) is 20.2 Å². The van der Waals surface area contributed by atoms with Crippen molar-refractivity contribution in [3.05, 3.63) is 28.5 Å². The SMILES string of the molecule is CC1CCCN1C=O.Cc1nc(C(=O)NCC(C)(C)O)sc1-c1cnc(NCC(C)(C)C)cc1C(F)F. The standard InChI is InChI=1S/C20H28F2N4O2S.C6H11NO/c1-11-15(29-18(26-11)17(27)25-10-20(5,6)28)13-8-23-14(7-12(13)16(21)22)24-9-19(2,3)4;1-6-3-2-4-7(6)5-8/h7-8,16,28H,9-10H2,1-6H3,(H,23,24)(H,25,27);5-6H,2-4H2,1H3. The summed E-state index contributed by atoms with van der Waals surface area (Å²) in [5.41, 5.74) is -0.509. The van der Waals surface area contributed by atoms with Gasteiger partial charge in [-0.05, 0) is 52.0 Å². The number of halogens is 2. The molecule has 0 radical (unpaired) electrons. The van der Waals surface area contributed by atoms with Crippen LogP contribution in [-0.2, 0) is 4.79 Å². The molecule has 2 amide bonds. The number of carbonyl (C=O) groups is 2. The maximum absolute atomic E-state index is 13.7. The summed E-state index contributed by atoms with van der Waals surface area (Å²) in [7, 11) is 0. The summed E-state index contributed by atoms with van der Waals surface area (Å²) in [6.07, 6.45) is 2.00. The van der Waals surface area contributed by atoms with Gasteiger partial charge in [-0.15, -0.1) is 11.3 Å². The molecule has 0 spiro atoms. The highest BCUT2D eigenvalue weighted by molar-refractivity contribution is 7.17. The number of aryl methyl sites for hydroxylation is 1. The summed E-state index contributed by atoms with van der Waals surface area (Å²) in [5, 5.41) is 15.6. The average molecular weight is 540 g/mol. The topological polar surface area (TPSA) is 107 Å². The van der Waals surface area contributed by atoms with Gasteiger partial charge in [0.1, 0.15) is 5.82 Å². The van der Waals surface area contributed by atoms with Gasteiger partial charge in [-0.3, -0.25) is 9.59 Å². The van der Waals surface area contributed by atoms with Gasteiger partial charge in [-0.2, -0.15) is 0 Å². The van der Waals surface area contributed by atoms with E-state index in [-0.39, 0.29) is 28.1 Å². The summed E-state index contributed by atoms with van der Waals surface area (Å²) in [4.78, 5) is 33.2. The fourth-order valence-corrected chi connectivity index (χ4v) is 4.54. The third-order valence-corrected chi connectivity index (χ3v) is 6.82. The van der Waals surface area contributed by atoms with Crippen LogP contribution in [0, 0.1) is 12.3 Å². The summed E-state index contributed by atoms with van der Waals surface area (Å²) in [6, 6.07) is 1.84. The zero-order chi connectivity index (χ0) is 28.0. The van der Waals surface area contributed by atoms with Crippen molar-refractivity contribution in [3.8, 4) is 10.4 Å². The number of nitrogens with one attached hydrogen (secondary N) is 2. The van der Waals surface area contributed by atoms with Crippen molar-refractivity contribution in [1.29, 1.82) is 0 Å². The molecule has 1 atom stereocenters. The highest BCUT2D eigenvalue weighted by atomic mass is 32.1. The number of amides is 2. The largest absolute Gasteiger partial charge is 0.389 e. The summed E-state index contributed by atoms with van der Waals surface area (Å²) in [6.45, 7) is 14.6. The van der Waals surface area contributed by atoms with Crippen molar-refractivity contribution in [2.75, 3.05) is 25.0 Å². The molecule has 3 N–H and O–H groups in total. The van der Waals surface area contributed by atoms with E-state index in [0.717, 1.165) is 24.3 Å². The monoisotopic (exact) mass is 539 g/mol. The van der Waals surface area contributed by atoms with Gasteiger partial charge in [0, 0.05) is 43.0 Å². The second-order valence-corrected chi connectivity index (χ2v) is 12.1. The van der Waals surface area contributed by atoms with E-state index in [1.54, 1.807) is 20.8 Å².